The summed E-state index contributed by atoms with van der Waals surface area (Å²) in [6.07, 6.45) is 1.46. The molecular weight excluding hydrogens is 396 g/mol. The molecule has 0 aliphatic carbocycles. The highest BCUT2D eigenvalue weighted by molar-refractivity contribution is 6.14. The lowest BCUT2D eigenvalue weighted by molar-refractivity contribution is -0.117. The van der Waals surface area contributed by atoms with Gasteiger partial charge in [0, 0.05) is 23.9 Å². The van der Waals surface area contributed by atoms with Crippen LogP contribution in [0.2, 0.25) is 0 Å². The van der Waals surface area contributed by atoms with E-state index in [9.17, 15) is 4.79 Å². The van der Waals surface area contributed by atoms with Crippen molar-refractivity contribution in [3.05, 3.63) is 78.9 Å². The number of hydrogen-bond acceptors (Lipinski definition) is 3. The highest BCUT2D eigenvalue weighted by Crippen LogP contribution is 2.39. The molecule has 2 heterocycles. The zero-order valence-electron chi connectivity index (χ0n) is 17.8. The van der Waals surface area contributed by atoms with Crippen LogP contribution in [0.1, 0.15) is 12.8 Å². The molecule has 1 aliphatic rings. The Morgan fingerprint density at radius 1 is 0.844 bits per heavy atom. The molecule has 0 N–H and O–H groups in total. The Kier molecular flexibility index (Phi) is 4.32. The summed E-state index contributed by atoms with van der Waals surface area (Å²) in [6, 6.07) is 27.1. The Morgan fingerprint density at radius 3 is 2.41 bits per heavy atom. The van der Waals surface area contributed by atoms with E-state index < -0.39 is 0 Å². The van der Waals surface area contributed by atoms with E-state index in [2.05, 4.69) is 60.7 Å². The van der Waals surface area contributed by atoms with Crippen molar-refractivity contribution in [1.29, 1.82) is 0 Å². The summed E-state index contributed by atoms with van der Waals surface area (Å²) < 4.78 is 5.46. The number of nitrogens with zero attached hydrogens (tertiary/aromatic N) is 2. The second-order valence-corrected chi connectivity index (χ2v) is 8.25. The molecular formula is C28H22N2O2. The van der Waals surface area contributed by atoms with E-state index in [0.717, 1.165) is 51.9 Å². The molecule has 0 spiro atoms. The van der Waals surface area contributed by atoms with Crippen LogP contribution in [-0.2, 0) is 4.79 Å². The van der Waals surface area contributed by atoms with Crippen LogP contribution < -0.4 is 9.64 Å². The van der Waals surface area contributed by atoms with Gasteiger partial charge in [-0.05, 0) is 58.3 Å². The maximum atomic E-state index is 12.7. The second kappa shape index (κ2) is 7.34. The van der Waals surface area contributed by atoms with Gasteiger partial charge in [-0.15, -0.1) is 0 Å². The number of carbonyl (C=O) groups is 1. The predicted octanol–water partition coefficient (Wildman–Crippen LogP) is 6.34. The zero-order valence-corrected chi connectivity index (χ0v) is 17.8. The summed E-state index contributed by atoms with van der Waals surface area (Å²) in [4.78, 5) is 19.6. The first-order valence-electron chi connectivity index (χ1n) is 10.9. The summed E-state index contributed by atoms with van der Waals surface area (Å²) in [5.41, 5.74) is 3.71. The number of fused-ring (bicyclic) bond motifs is 4. The SMILES string of the molecule is COc1ccc2nc(-c3cc4ccccc4c4ccccc34)cc(N3CCCC3=O)c2c1. The van der Waals surface area contributed by atoms with Gasteiger partial charge in [0.25, 0.3) is 0 Å². The van der Waals surface area contributed by atoms with Gasteiger partial charge < -0.3 is 9.64 Å². The fraction of sp³-hybridized carbons (Fsp3) is 0.143. The number of pyridine rings is 1. The first-order chi connectivity index (χ1) is 15.7. The molecule has 4 aromatic carbocycles. The van der Waals surface area contributed by atoms with Crippen molar-refractivity contribution >= 4 is 44.0 Å². The van der Waals surface area contributed by atoms with Gasteiger partial charge in [-0.2, -0.15) is 0 Å². The van der Waals surface area contributed by atoms with E-state index in [1.807, 2.05) is 23.1 Å². The number of rotatable bonds is 3. The number of benzene rings is 4. The van der Waals surface area contributed by atoms with Crippen LogP contribution in [0.3, 0.4) is 0 Å². The van der Waals surface area contributed by atoms with Crippen LogP contribution in [0, 0.1) is 0 Å². The number of aromatic nitrogens is 1. The van der Waals surface area contributed by atoms with Crippen molar-refractivity contribution in [2.75, 3.05) is 18.6 Å². The lowest BCUT2D eigenvalue weighted by Gasteiger charge is -2.20. The highest BCUT2D eigenvalue weighted by atomic mass is 16.5. The zero-order chi connectivity index (χ0) is 21.7. The number of methoxy groups -OCH3 is 1. The molecule has 1 saturated heterocycles. The molecule has 32 heavy (non-hydrogen) atoms. The van der Waals surface area contributed by atoms with Crippen molar-refractivity contribution < 1.29 is 9.53 Å². The van der Waals surface area contributed by atoms with Crippen molar-refractivity contribution in [2.24, 2.45) is 0 Å². The summed E-state index contributed by atoms with van der Waals surface area (Å²) in [5, 5.41) is 5.71. The fourth-order valence-corrected chi connectivity index (χ4v) is 4.84. The molecule has 0 bridgehead atoms. The number of hydrogen-bond donors (Lipinski definition) is 0. The Labute approximate surface area is 186 Å². The largest absolute Gasteiger partial charge is 0.497 e. The third-order valence-corrected chi connectivity index (χ3v) is 6.40. The fourth-order valence-electron chi connectivity index (χ4n) is 4.84. The van der Waals surface area contributed by atoms with Gasteiger partial charge in [-0.1, -0.05) is 48.5 Å². The maximum Gasteiger partial charge on any atom is 0.227 e. The number of ether oxygens (including phenoxy) is 1. The van der Waals surface area contributed by atoms with E-state index >= 15 is 0 Å². The van der Waals surface area contributed by atoms with Crippen LogP contribution in [-0.4, -0.2) is 24.5 Å². The predicted molar refractivity (Wildman–Crippen MR) is 130 cm³/mol. The molecule has 6 rings (SSSR count). The van der Waals surface area contributed by atoms with E-state index in [-0.39, 0.29) is 5.91 Å². The average Bonchev–Trinajstić information content (AvgIpc) is 3.28. The number of anilines is 1. The molecule has 0 atom stereocenters. The Morgan fingerprint density at radius 2 is 1.62 bits per heavy atom. The van der Waals surface area contributed by atoms with Gasteiger partial charge in [-0.25, -0.2) is 4.98 Å². The van der Waals surface area contributed by atoms with Crippen LogP contribution in [0.4, 0.5) is 5.69 Å². The van der Waals surface area contributed by atoms with E-state index in [1.165, 1.54) is 16.2 Å². The topological polar surface area (TPSA) is 42.4 Å². The van der Waals surface area contributed by atoms with E-state index in [1.54, 1.807) is 7.11 Å². The van der Waals surface area contributed by atoms with Crippen molar-refractivity contribution in [3.63, 3.8) is 0 Å². The first-order valence-corrected chi connectivity index (χ1v) is 10.9. The minimum atomic E-state index is 0.162. The van der Waals surface area contributed by atoms with Gasteiger partial charge in [0.15, 0.2) is 0 Å². The minimum Gasteiger partial charge on any atom is -0.497 e. The summed E-state index contributed by atoms with van der Waals surface area (Å²) in [7, 11) is 1.66. The summed E-state index contributed by atoms with van der Waals surface area (Å²) >= 11 is 0. The molecule has 0 unspecified atom stereocenters. The monoisotopic (exact) mass is 418 g/mol. The van der Waals surface area contributed by atoms with Gasteiger partial charge in [0.1, 0.15) is 5.75 Å². The quantitative estimate of drug-likeness (QED) is 0.321. The van der Waals surface area contributed by atoms with Gasteiger partial charge in [-0.3, -0.25) is 4.79 Å². The molecule has 0 saturated carbocycles. The van der Waals surface area contributed by atoms with Crippen molar-refractivity contribution in [2.45, 2.75) is 12.8 Å². The number of carbonyl (C=O) groups excluding carboxylic acids is 1. The van der Waals surface area contributed by atoms with Crippen LogP contribution >= 0.6 is 0 Å². The lowest BCUT2D eigenvalue weighted by atomic mass is 9.95. The van der Waals surface area contributed by atoms with E-state index in [0.29, 0.717) is 6.42 Å². The van der Waals surface area contributed by atoms with Gasteiger partial charge in [0.2, 0.25) is 5.91 Å². The van der Waals surface area contributed by atoms with E-state index in [4.69, 9.17) is 9.72 Å². The molecule has 1 aliphatic heterocycles. The third-order valence-electron chi connectivity index (χ3n) is 6.40. The molecule has 5 aromatic rings. The van der Waals surface area contributed by atoms with Crippen LogP contribution in [0.15, 0.2) is 78.9 Å². The third kappa shape index (κ3) is 2.91. The van der Waals surface area contributed by atoms with Gasteiger partial charge >= 0.3 is 0 Å². The standard InChI is InChI=1S/C28H22N2O2/c1-32-19-12-13-25-24(16-19)27(30-14-6-11-28(30)31)17-26(29-25)23-15-18-7-2-3-8-20(18)21-9-4-5-10-22(21)23/h2-5,7-10,12-13,15-17H,6,11,14H2,1H3. The summed E-state index contributed by atoms with van der Waals surface area (Å²) in [6.45, 7) is 0.729. The van der Waals surface area contributed by atoms with Crippen molar-refractivity contribution in [3.8, 4) is 17.0 Å². The average molecular weight is 418 g/mol. The Bertz CT molecular complexity index is 1520. The molecule has 4 nitrogen and oxygen atoms in total. The van der Waals surface area contributed by atoms with Crippen molar-refractivity contribution in [1.82, 2.24) is 4.98 Å². The second-order valence-electron chi connectivity index (χ2n) is 8.25. The minimum absolute atomic E-state index is 0.162. The van der Waals surface area contributed by atoms with Crippen LogP contribution in [0.5, 0.6) is 5.75 Å². The molecule has 1 aromatic heterocycles. The molecule has 4 heteroatoms. The molecule has 0 radical (unpaired) electrons. The normalized spacial score (nSPS) is 14.0. The highest BCUT2D eigenvalue weighted by Gasteiger charge is 2.25. The Hall–Kier alpha value is -3.92. The lowest BCUT2D eigenvalue weighted by Crippen LogP contribution is -2.24. The van der Waals surface area contributed by atoms with Crippen LogP contribution in [0.25, 0.3) is 43.7 Å². The first kappa shape index (κ1) is 18.8. The summed E-state index contributed by atoms with van der Waals surface area (Å²) in [5.74, 6) is 0.922. The van der Waals surface area contributed by atoms with Gasteiger partial charge in [0.05, 0.1) is 24.0 Å². The number of amides is 1. The smallest absolute Gasteiger partial charge is 0.227 e. The maximum absolute atomic E-state index is 12.7. The Balaban J connectivity index is 1.68. The molecule has 1 fully saturated rings. The molecule has 1 amide bonds. The molecule has 156 valence electrons.